The molecule has 2 aromatic rings. The van der Waals surface area contributed by atoms with Crippen LogP contribution in [0.3, 0.4) is 0 Å². The molecule has 1 aromatic heterocycles. The Morgan fingerprint density at radius 3 is 2.62 bits per heavy atom. The van der Waals surface area contributed by atoms with Crippen LogP contribution in [0.15, 0.2) is 30.3 Å². The van der Waals surface area contributed by atoms with Gasteiger partial charge in [0, 0.05) is 57.3 Å². The van der Waals surface area contributed by atoms with Gasteiger partial charge in [-0.25, -0.2) is 0 Å². The van der Waals surface area contributed by atoms with Crippen molar-refractivity contribution in [2.45, 2.75) is 25.4 Å². The fourth-order valence-corrected chi connectivity index (χ4v) is 4.36. The summed E-state index contributed by atoms with van der Waals surface area (Å²) in [4.78, 5) is 4.89. The first-order valence-electron chi connectivity index (χ1n) is 9.51. The van der Waals surface area contributed by atoms with E-state index < -0.39 is 0 Å². The molecule has 2 saturated heterocycles. The summed E-state index contributed by atoms with van der Waals surface area (Å²) in [6, 6.07) is 10.8. The van der Waals surface area contributed by atoms with E-state index in [0.29, 0.717) is 5.92 Å². The minimum absolute atomic E-state index is 0.182. The molecule has 0 spiro atoms. The monoisotopic (exact) mass is 355 g/mol. The Labute approximate surface area is 155 Å². The lowest BCUT2D eigenvalue weighted by molar-refractivity contribution is 0.122. The second-order valence-corrected chi connectivity index (χ2v) is 7.49. The lowest BCUT2D eigenvalue weighted by Gasteiger charge is -2.30. The number of likely N-dealkylation sites (tertiary alicyclic amines) is 1. The number of ether oxygens (including phenoxy) is 1. The maximum absolute atomic E-state index is 6.49. The first-order chi connectivity index (χ1) is 12.6. The molecule has 4 rings (SSSR count). The van der Waals surface area contributed by atoms with Crippen molar-refractivity contribution in [3.63, 3.8) is 0 Å². The van der Waals surface area contributed by atoms with Gasteiger partial charge in [0.05, 0.1) is 18.9 Å². The van der Waals surface area contributed by atoms with Gasteiger partial charge in [-0.05, 0) is 12.5 Å². The molecule has 0 saturated carbocycles. The van der Waals surface area contributed by atoms with E-state index in [0.717, 1.165) is 51.6 Å². The average molecular weight is 355 g/mol. The minimum atomic E-state index is 0.182. The Morgan fingerprint density at radius 1 is 1.15 bits per heavy atom. The van der Waals surface area contributed by atoms with Crippen LogP contribution < -0.4 is 10.6 Å². The van der Waals surface area contributed by atoms with E-state index in [9.17, 15) is 0 Å². The second-order valence-electron chi connectivity index (χ2n) is 7.49. The van der Waals surface area contributed by atoms with Crippen molar-refractivity contribution in [2.75, 3.05) is 44.3 Å². The van der Waals surface area contributed by atoms with E-state index in [1.54, 1.807) is 0 Å². The molecule has 2 aliphatic heterocycles. The predicted octanol–water partition coefficient (Wildman–Crippen LogP) is 1.49. The van der Waals surface area contributed by atoms with Crippen LogP contribution in [0.25, 0.3) is 0 Å². The van der Waals surface area contributed by atoms with Crippen molar-refractivity contribution in [3.8, 4) is 0 Å². The first-order valence-corrected chi connectivity index (χ1v) is 9.51. The number of nitrogens with two attached hydrogens (primary N) is 1. The van der Waals surface area contributed by atoms with Crippen molar-refractivity contribution >= 4 is 5.82 Å². The lowest BCUT2D eigenvalue weighted by Crippen LogP contribution is -2.38. The molecular weight excluding hydrogens is 326 g/mol. The van der Waals surface area contributed by atoms with Gasteiger partial charge in [-0.1, -0.05) is 30.3 Å². The summed E-state index contributed by atoms with van der Waals surface area (Å²) in [7, 11) is 2.05. The second kappa shape index (κ2) is 7.39. The van der Waals surface area contributed by atoms with Crippen molar-refractivity contribution < 1.29 is 4.74 Å². The van der Waals surface area contributed by atoms with Gasteiger partial charge in [0.25, 0.3) is 0 Å². The maximum atomic E-state index is 6.49. The van der Waals surface area contributed by atoms with Crippen LogP contribution in [-0.4, -0.2) is 60.1 Å². The molecule has 0 amide bonds. The summed E-state index contributed by atoms with van der Waals surface area (Å²) >= 11 is 0. The van der Waals surface area contributed by atoms with Crippen LogP contribution >= 0.6 is 0 Å². The third-order valence-corrected chi connectivity index (χ3v) is 5.67. The zero-order valence-corrected chi connectivity index (χ0v) is 15.8. The van der Waals surface area contributed by atoms with Crippen molar-refractivity contribution in [1.82, 2.24) is 14.7 Å². The zero-order chi connectivity index (χ0) is 18.1. The summed E-state index contributed by atoms with van der Waals surface area (Å²) in [6.45, 7) is 8.38. The maximum Gasteiger partial charge on any atom is 0.131 e. The number of aromatic nitrogens is 2. The van der Waals surface area contributed by atoms with Crippen molar-refractivity contribution in [2.24, 2.45) is 12.8 Å². The third-order valence-electron chi connectivity index (χ3n) is 5.67. The van der Waals surface area contributed by atoms with Gasteiger partial charge < -0.3 is 15.4 Å². The Balaban J connectivity index is 1.53. The molecule has 0 unspecified atom stereocenters. The van der Waals surface area contributed by atoms with Gasteiger partial charge >= 0.3 is 0 Å². The van der Waals surface area contributed by atoms with Crippen LogP contribution in [0, 0.1) is 6.92 Å². The quantitative estimate of drug-likeness (QED) is 0.900. The lowest BCUT2D eigenvalue weighted by atomic mass is 9.95. The molecule has 2 fully saturated rings. The third kappa shape index (κ3) is 3.37. The minimum Gasteiger partial charge on any atom is -0.378 e. The summed E-state index contributed by atoms with van der Waals surface area (Å²) < 4.78 is 7.55. The summed E-state index contributed by atoms with van der Waals surface area (Å²) in [5, 5.41) is 4.70. The largest absolute Gasteiger partial charge is 0.378 e. The first kappa shape index (κ1) is 17.5. The highest BCUT2D eigenvalue weighted by Gasteiger charge is 2.32. The molecule has 6 nitrogen and oxygen atoms in total. The molecule has 140 valence electrons. The molecule has 0 aliphatic carbocycles. The van der Waals surface area contributed by atoms with Gasteiger partial charge in [-0.2, -0.15) is 5.10 Å². The van der Waals surface area contributed by atoms with E-state index in [1.807, 2.05) is 11.7 Å². The van der Waals surface area contributed by atoms with Gasteiger partial charge in [0.1, 0.15) is 5.82 Å². The van der Waals surface area contributed by atoms with Crippen LogP contribution in [0.4, 0.5) is 5.82 Å². The summed E-state index contributed by atoms with van der Waals surface area (Å²) in [5.74, 6) is 1.64. The molecule has 0 radical (unpaired) electrons. The van der Waals surface area contributed by atoms with Gasteiger partial charge in [0.2, 0.25) is 0 Å². The molecule has 3 heterocycles. The highest BCUT2D eigenvalue weighted by Crippen LogP contribution is 2.31. The van der Waals surface area contributed by atoms with E-state index in [2.05, 4.69) is 47.1 Å². The van der Waals surface area contributed by atoms with Crippen LogP contribution in [0.1, 0.15) is 22.7 Å². The number of aryl methyl sites for hydroxylation is 2. The topological polar surface area (TPSA) is 59.5 Å². The highest BCUT2D eigenvalue weighted by atomic mass is 16.5. The van der Waals surface area contributed by atoms with E-state index in [-0.39, 0.29) is 6.04 Å². The fraction of sp³-hybridized carbons (Fsp3) is 0.550. The van der Waals surface area contributed by atoms with E-state index in [4.69, 9.17) is 15.6 Å². The predicted molar refractivity (Wildman–Crippen MR) is 103 cm³/mol. The Morgan fingerprint density at radius 2 is 1.88 bits per heavy atom. The van der Waals surface area contributed by atoms with Crippen LogP contribution in [0.2, 0.25) is 0 Å². The number of nitrogens with zero attached hydrogens (tertiary/aromatic N) is 4. The summed E-state index contributed by atoms with van der Waals surface area (Å²) in [5.41, 5.74) is 10.3. The molecule has 2 aliphatic rings. The van der Waals surface area contributed by atoms with Crippen molar-refractivity contribution in [1.29, 1.82) is 0 Å². The summed E-state index contributed by atoms with van der Waals surface area (Å²) in [6.07, 6.45) is 0. The molecule has 6 heteroatoms. The molecule has 2 atom stereocenters. The number of hydrogen-bond acceptors (Lipinski definition) is 5. The number of rotatable bonds is 4. The smallest absolute Gasteiger partial charge is 0.131 e. The van der Waals surface area contributed by atoms with E-state index >= 15 is 0 Å². The highest BCUT2D eigenvalue weighted by molar-refractivity contribution is 5.50. The SMILES string of the molecule is Cc1nn(C)c(N2CCOCC2)c1CN1C[C@@H](N)[C@H](c2ccccc2)C1. The molecule has 0 bridgehead atoms. The van der Waals surface area contributed by atoms with Crippen LogP contribution in [-0.2, 0) is 18.3 Å². The average Bonchev–Trinajstić information content (AvgIpc) is 3.16. The number of hydrogen-bond donors (Lipinski definition) is 1. The molecule has 2 N–H and O–H groups in total. The Kier molecular flexibility index (Phi) is 4.98. The normalized spacial score (nSPS) is 24.3. The zero-order valence-electron chi connectivity index (χ0n) is 15.8. The Hall–Kier alpha value is -1.89. The van der Waals surface area contributed by atoms with Gasteiger partial charge in [-0.15, -0.1) is 0 Å². The molecule has 26 heavy (non-hydrogen) atoms. The molecule has 1 aromatic carbocycles. The Bertz CT molecular complexity index is 738. The van der Waals surface area contributed by atoms with Crippen molar-refractivity contribution in [3.05, 3.63) is 47.2 Å². The molecular formula is C20H29N5O. The number of anilines is 1. The number of benzene rings is 1. The van der Waals surface area contributed by atoms with Crippen LogP contribution in [0.5, 0.6) is 0 Å². The van der Waals surface area contributed by atoms with Gasteiger partial charge in [-0.3, -0.25) is 9.58 Å². The van der Waals surface area contributed by atoms with Gasteiger partial charge in [0.15, 0.2) is 0 Å². The standard InChI is InChI=1S/C20H29N5O/c1-15-17(20(23(2)22-15)25-8-10-26-11-9-25)12-24-13-18(19(21)14-24)16-6-4-3-5-7-16/h3-7,18-19H,8-14,21H2,1-2H3/t18-,19+/m0/s1. The fourth-order valence-electron chi connectivity index (χ4n) is 4.36. The van der Waals surface area contributed by atoms with E-state index in [1.165, 1.54) is 16.9 Å². The number of morpholine rings is 1.